The molecule has 62 valence electrons. The SMILES string of the molecule is NN1CCNC2CCCC=C21. The van der Waals surface area contributed by atoms with Crippen LogP contribution in [0.15, 0.2) is 11.8 Å². The van der Waals surface area contributed by atoms with Gasteiger partial charge in [-0.2, -0.15) is 0 Å². The maximum atomic E-state index is 5.81. The fourth-order valence-electron chi connectivity index (χ4n) is 1.87. The lowest BCUT2D eigenvalue weighted by Crippen LogP contribution is -2.52. The monoisotopic (exact) mass is 153 g/mol. The normalized spacial score (nSPS) is 31.2. The molecule has 1 fully saturated rings. The molecule has 0 radical (unpaired) electrons. The molecule has 11 heavy (non-hydrogen) atoms. The molecule has 1 saturated heterocycles. The highest BCUT2D eigenvalue weighted by atomic mass is 15.4. The molecule has 0 amide bonds. The van der Waals surface area contributed by atoms with Gasteiger partial charge in [0.2, 0.25) is 0 Å². The zero-order valence-electron chi connectivity index (χ0n) is 6.71. The molecule has 3 nitrogen and oxygen atoms in total. The molecule has 2 aliphatic rings. The molecule has 1 unspecified atom stereocenters. The second-order valence-corrected chi connectivity index (χ2v) is 3.26. The summed E-state index contributed by atoms with van der Waals surface area (Å²) < 4.78 is 0. The van der Waals surface area contributed by atoms with Crippen LogP contribution in [0.25, 0.3) is 0 Å². The van der Waals surface area contributed by atoms with Crippen molar-refractivity contribution in [3.8, 4) is 0 Å². The summed E-state index contributed by atoms with van der Waals surface area (Å²) in [4.78, 5) is 0. The van der Waals surface area contributed by atoms with Crippen LogP contribution < -0.4 is 11.2 Å². The Bertz CT molecular complexity index is 176. The van der Waals surface area contributed by atoms with Crippen LogP contribution in [0.1, 0.15) is 19.3 Å². The predicted octanol–water partition coefficient (Wildman–Crippen LogP) is 0.202. The topological polar surface area (TPSA) is 41.3 Å². The van der Waals surface area contributed by atoms with Crippen molar-refractivity contribution in [1.29, 1.82) is 0 Å². The number of hydrogen-bond acceptors (Lipinski definition) is 3. The standard InChI is InChI=1S/C8H15N3/c9-11-6-5-10-7-3-1-2-4-8(7)11/h4,7,10H,1-3,5-6,9H2. The van der Waals surface area contributed by atoms with E-state index in [0.717, 1.165) is 13.1 Å². The van der Waals surface area contributed by atoms with E-state index in [1.165, 1.54) is 25.0 Å². The molecule has 1 heterocycles. The van der Waals surface area contributed by atoms with Crippen molar-refractivity contribution < 1.29 is 0 Å². The quantitative estimate of drug-likeness (QED) is 0.488. The first-order chi connectivity index (χ1) is 5.38. The molecule has 0 aromatic rings. The van der Waals surface area contributed by atoms with Crippen LogP contribution >= 0.6 is 0 Å². The van der Waals surface area contributed by atoms with Gasteiger partial charge in [0.1, 0.15) is 0 Å². The highest BCUT2D eigenvalue weighted by Gasteiger charge is 2.23. The molecular formula is C8H15N3. The second kappa shape index (κ2) is 2.83. The van der Waals surface area contributed by atoms with Gasteiger partial charge < -0.3 is 10.3 Å². The lowest BCUT2D eigenvalue weighted by atomic mass is 9.97. The maximum absolute atomic E-state index is 5.81. The van der Waals surface area contributed by atoms with Crippen molar-refractivity contribution in [1.82, 2.24) is 10.3 Å². The summed E-state index contributed by atoms with van der Waals surface area (Å²) in [5.41, 5.74) is 1.31. The summed E-state index contributed by atoms with van der Waals surface area (Å²) in [6.07, 6.45) is 6.01. The molecular weight excluding hydrogens is 138 g/mol. The van der Waals surface area contributed by atoms with Crippen molar-refractivity contribution in [3.63, 3.8) is 0 Å². The Kier molecular flexibility index (Phi) is 1.84. The van der Waals surface area contributed by atoms with E-state index >= 15 is 0 Å². The Balaban J connectivity index is 2.14. The highest BCUT2D eigenvalue weighted by Crippen LogP contribution is 2.21. The molecule has 0 aromatic heterocycles. The maximum Gasteiger partial charge on any atom is 0.0483 e. The number of nitrogens with two attached hydrogens (primary N) is 1. The first-order valence-electron chi connectivity index (χ1n) is 4.33. The van der Waals surface area contributed by atoms with E-state index in [0.29, 0.717) is 6.04 Å². The molecule has 0 spiro atoms. The lowest BCUT2D eigenvalue weighted by Gasteiger charge is -2.36. The number of hydrazine groups is 1. The van der Waals surface area contributed by atoms with Crippen molar-refractivity contribution in [2.75, 3.05) is 13.1 Å². The molecule has 0 aromatic carbocycles. The number of nitrogens with zero attached hydrogens (tertiary/aromatic N) is 1. The van der Waals surface area contributed by atoms with Gasteiger partial charge >= 0.3 is 0 Å². The van der Waals surface area contributed by atoms with Crippen LogP contribution in [0.3, 0.4) is 0 Å². The fourth-order valence-corrected chi connectivity index (χ4v) is 1.87. The summed E-state index contributed by atoms with van der Waals surface area (Å²) in [6, 6.07) is 0.544. The van der Waals surface area contributed by atoms with Gasteiger partial charge in [0.25, 0.3) is 0 Å². The van der Waals surface area contributed by atoms with Crippen LogP contribution in [0.4, 0.5) is 0 Å². The average Bonchev–Trinajstić information content (AvgIpc) is 2.06. The largest absolute Gasteiger partial charge is 0.313 e. The Hall–Kier alpha value is -0.540. The van der Waals surface area contributed by atoms with E-state index in [9.17, 15) is 0 Å². The van der Waals surface area contributed by atoms with Crippen LogP contribution in [0.2, 0.25) is 0 Å². The van der Waals surface area contributed by atoms with Crippen LogP contribution in [-0.2, 0) is 0 Å². The summed E-state index contributed by atoms with van der Waals surface area (Å²) >= 11 is 0. The molecule has 0 bridgehead atoms. The van der Waals surface area contributed by atoms with Crippen molar-refractivity contribution in [2.45, 2.75) is 25.3 Å². The summed E-state index contributed by atoms with van der Waals surface area (Å²) in [5.74, 6) is 5.81. The molecule has 0 saturated carbocycles. The smallest absolute Gasteiger partial charge is 0.0483 e. The molecule has 1 aliphatic heterocycles. The van der Waals surface area contributed by atoms with E-state index in [-0.39, 0.29) is 0 Å². The van der Waals surface area contributed by atoms with Crippen molar-refractivity contribution in [3.05, 3.63) is 11.8 Å². The van der Waals surface area contributed by atoms with Gasteiger partial charge in [-0.15, -0.1) is 0 Å². The van der Waals surface area contributed by atoms with Gasteiger partial charge in [-0.05, 0) is 19.3 Å². The minimum atomic E-state index is 0.544. The van der Waals surface area contributed by atoms with E-state index in [4.69, 9.17) is 5.84 Å². The number of hydrogen-bond donors (Lipinski definition) is 2. The molecule has 1 atom stereocenters. The number of rotatable bonds is 0. The third kappa shape index (κ3) is 1.26. The minimum absolute atomic E-state index is 0.544. The summed E-state index contributed by atoms with van der Waals surface area (Å²) in [7, 11) is 0. The summed E-state index contributed by atoms with van der Waals surface area (Å²) in [5, 5.41) is 5.35. The van der Waals surface area contributed by atoms with Crippen molar-refractivity contribution >= 4 is 0 Å². The Labute approximate surface area is 67.2 Å². The molecule has 1 aliphatic carbocycles. The van der Waals surface area contributed by atoms with E-state index in [1.54, 1.807) is 0 Å². The van der Waals surface area contributed by atoms with Gasteiger partial charge in [0.05, 0.1) is 0 Å². The van der Waals surface area contributed by atoms with E-state index < -0.39 is 0 Å². The third-order valence-corrected chi connectivity index (χ3v) is 2.48. The third-order valence-electron chi connectivity index (χ3n) is 2.48. The van der Waals surface area contributed by atoms with Gasteiger partial charge in [0, 0.05) is 24.8 Å². The number of piperazine rings is 1. The first-order valence-corrected chi connectivity index (χ1v) is 4.33. The minimum Gasteiger partial charge on any atom is -0.313 e. The van der Waals surface area contributed by atoms with Crippen LogP contribution in [0.5, 0.6) is 0 Å². The highest BCUT2D eigenvalue weighted by molar-refractivity contribution is 5.14. The van der Waals surface area contributed by atoms with E-state index in [1.807, 2.05) is 5.01 Å². The Morgan fingerprint density at radius 1 is 1.64 bits per heavy atom. The van der Waals surface area contributed by atoms with Gasteiger partial charge in [0.15, 0.2) is 0 Å². The zero-order valence-corrected chi connectivity index (χ0v) is 6.71. The van der Waals surface area contributed by atoms with E-state index in [2.05, 4.69) is 11.4 Å². The van der Waals surface area contributed by atoms with Gasteiger partial charge in [-0.3, -0.25) is 0 Å². The first kappa shape index (κ1) is 7.13. The number of allylic oxidation sites excluding steroid dienone is 1. The van der Waals surface area contributed by atoms with Crippen LogP contribution in [-0.4, -0.2) is 24.1 Å². The zero-order chi connectivity index (χ0) is 7.68. The Morgan fingerprint density at radius 3 is 3.36 bits per heavy atom. The fraction of sp³-hybridized carbons (Fsp3) is 0.750. The lowest BCUT2D eigenvalue weighted by molar-refractivity contribution is 0.253. The molecule has 3 N–H and O–H groups in total. The number of fused-ring (bicyclic) bond motifs is 1. The number of nitrogens with one attached hydrogen (secondary N) is 1. The Morgan fingerprint density at radius 2 is 2.55 bits per heavy atom. The van der Waals surface area contributed by atoms with Crippen LogP contribution in [0, 0.1) is 0 Å². The van der Waals surface area contributed by atoms with Gasteiger partial charge in [-0.25, -0.2) is 5.84 Å². The molecule has 3 heteroatoms. The average molecular weight is 153 g/mol. The second-order valence-electron chi connectivity index (χ2n) is 3.26. The predicted molar refractivity (Wildman–Crippen MR) is 44.6 cm³/mol. The van der Waals surface area contributed by atoms with Crippen molar-refractivity contribution in [2.24, 2.45) is 5.84 Å². The summed E-state index contributed by atoms with van der Waals surface area (Å²) in [6.45, 7) is 1.97. The molecule has 2 rings (SSSR count). The van der Waals surface area contributed by atoms with Gasteiger partial charge in [-0.1, -0.05) is 6.08 Å².